The highest BCUT2D eigenvalue weighted by atomic mass is 19.4. The van der Waals surface area contributed by atoms with Gasteiger partial charge in [-0.3, -0.25) is 14.4 Å². The Bertz CT molecular complexity index is 3040. The lowest BCUT2D eigenvalue weighted by Gasteiger charge is -2.33. The van der Waals surface area contributed by atoms with Gasteiger partial charge in [0.05, 0.1) is 30.6 Å². The van der Waals surface area contributed by atoms with Crippen LogP contribution < -0.4 is 25.3 Å². The van der Waals surface area contributed by atoms with E-state index in [4.69, 9.17) is 29.4 Å². The normalized spacial score (nSPS) is 16.9. The number of aldehydes is 1. The summed E-state index contributed by atoms with van der Waals surface area (Å²) in [6.07, 6.45) is -5.85. The van der Waals surface area contributed by atoms with Crippen molar-refractivity contribution >= 4 is 65.6 Å². The van der Waals surface area contributed by atoms with Crippen LogP contribution in [0.3, 0.4) is 0 Å². The first-order chi connectivity index (χ1) is 38.9. The van der Waals surface area contributed by atoms with Gasteiger partial charge in [0, 0.05) is 54.1 Å². The van der Waals surface area contributed by atoms with Crippen molar-refractivity contribution in [2.24, 2.45) is 29.1 Å². The molecular weight excluding hydrogens is 1090 g/mol. The summed E-state index contributed by atoms with van der Waals surface area (Å²) in [5.41, 5.74) is 8.00. The van der Waals surface area contributed by atoms with Gasteiger partial charge in [0.15, 0.2) is 0 Å². The highest BCUT2D eigenvalue weighted by Gasteiger charge is 2.50. The fourth-order valence-corrected chi connectivity index (χ4v) is 9.16. The van der Waals surface area contributed by atoms with Crippen LogP contribution in [0.1, 0.15) is 71.1 Å². The molecule has 82 heavy (non-hydrogen) atoms. The van der Waals surface area contributed by atoms with E-state index in [1.165, 1.54) is 72.8 Å². The van der Waals surface area contributed by atoms with Gasteiger partial charge in [0.1, 0.15) is 36.7 Å². The Morgan fingerprint density at radius 3 is 1.54 bits per heavy atom. The molecule has 5 unspecified atom stereocenters. The summed E-state index contributed by atoms with van der Waals surface area (Å²) in [6.45, 7) is -0.990. The number of carboxylic acid groups (broad SMARTS) is 2. The van der Waals surface area contributed by atoms with E-state index in [1.807, 2.05) is 0 Å². The lowest BCUT2D eigenvalue weighted by molar-refractivity contribution is -0.148. The summed E-state index contributed by atoms with van der Waals surface area (Å²) < 4.78 is 103. The molecule has 5 aromatic carbocycles. The maximum absolute atomic E-state index is 13.6. The van der Waals surface area contributed by atoms with Gasteiger partial charge in [-0.15, -0.1) is 0 Å². The van der Waals surface area contributed by atoms with E-state index in [9.17, 15) is 70.1 Å². The molecule has 0 aromatic heterocycles. The molecule has 1 aliphatic carbocycles. The lowest BCUT2D eigenvalue weighted by atomic mass is 9.77. The van der Waals surface area contributed by atoms with Crippen LogP contribution in [0, 0.1) is 29.1 Å². The van der Waals surface area contributed by atoms with E-state index < -0.39 is 96.5 Å². The number of carbonyl (C=O) groups is 7. The molecule has 1 aliphatic rings. The number of rotatable bonds is 28. The molecule has 434 valence electrons. The van der Waals surface area contributed by atoms with Gasteiger partial charge in [0.2, 0.25) is 5.91 Å². The van der Waals surface area contributed by atoms with Crippen molar-refractivity contribution in [1.82, 2.24) is 0 Å². The highest BCUT2D eigenvalue weighted by molar-refractivity contribution is 5.97. The number of carbonyl (C=O) groups excluding carboxylic acids is 5. The molecule has 6 rings (SSSR count). The number of benzene rings is 5. The Kier molecular flexibility index (Phi) is 22.0. The number of amides is 1. The third kappa shape index (κ3) is 20.3. The van der Waals surface area contributed by atoms with Crippen molar-refractivity contribution in [1.29, 1.82) is 0 Å². The summed E-state index contributed by atoms with van der Waals surface area (Å²) in [5.74, 6) is -9.64. The molecule has 0 saturated heterocycles. The van der Waals surface area contributed by atoms with E-state index >= 15 is 0 Å². The van der Waals surface area contributed by atoms with Gasteiger partial charge in [-0.1, -0.05) is 48.5 Å². The molecule has 0 heterocycles. The Hall–Kier alpha value is -8.95. The number of anilines is 2. The molecular formula is C60H58F6N2O14. The number of nitrogen functional groups attached to an aromatic ring is 1. The van der Waals surface area contributed by atoms with Crippen molar-refractivity contribution in [2.45, 2.75) is 63.7 Å². The minimum Gasteiger partial charge on any atom is -0.494 e. The number of nitrogens with two attached hydrogens (primary N) is 1. The number of esters is 3. The third-order valence-corrected chi connectivity index (χ3v) is 13.2. The number of halogens is 6. The Balaban J connectivity index is 1.17. The molecule has 5 atom stereocenters. The molecule has 0 radical (unpaired) electrons. The Labute approximate surface area is 466 Å². The van der Waals surface area contributed by atoms with E-state index in [0.717, 1.165) is 12.2 Å². The van der Waals surface area contributed by atoms with Crippen LogP contribution in [0.5, 0.6) is 17.2 Å². The Morgan fingerprint density at radius 2 is 1.09 bits per heavy atom. The van der Waals surface area contributed by atoms with Crippen molar-refractivity contribution in [3.63, 3.8) is 0 Å². The summed E-state index contributed by atoms with van der Waals surface area (Å²) in [6, 6.07) is 31.2. The van der Waals surface area contributed by atoms with Crippen LogP contribution in [0.2, 0.25) is 0 Å². The topological polar surface area (TPSA) is 244 Å². The van der Waals surface area contributed by atoms with Crippen molar-refractivity contribution in [3.8, 4) is 17.2 Å². The standard InChI is InChI=1S/C60H58F6N2O14/c61-59(62,63)27-1-29-78-46-19-7-38(8-20-46)11-25-52(72)80-36-58(33-40-3-15-44(67)16-4-40,34-41-5-17-45(18-6-41)68-55(74)49-31-43(32-51(70)71)50(35-69)54(49)56(75)76)37-81-53(73)26-12-39-9-21-48(22-10-39)82-57(77)42-13-23-47(24-14-42)79-30-2-28-60(64,65)66/h3-26,35,43,49-50,54H,1-2,27-34,36-37,67H2,(H,68,74)(H,70,71)(H,75,76). The smallest absolute Gasteiger partial charge is 0.389 e. The molecule has 1 amide bonds. The second-order valence-corrected chi connectivity index (χ2v) is 19.6. The minimum atomic E-state index is -4.30. The first kappa shape index (κ1) is 62.3. The second-order valence-electron chi connectivity index (χ2n) is 19.6. The number of aliphatic carboxylic acids is 2. The quantitative estimate of drug-likeness (QED) is 0.00692. The summed E-state index contributed by atoms with van der Waals surface area (Å²) in [4.78, 5) is 89.1. The fraction of sp³-hybridized carbons (Fsp3) is 0.317. The van der Waals surface area contributed by atoms with Crippen LogP contribution >= 0.6 is 0 Å². The SMILES string of the molecule is Nc1ccc(CC(COC(=O)C=Cc2ccc(OCCCC(F)(F)F)cc2)(COC(=O)C=Cc2ccc(OC(=O)c3ccc(OCCCC(F)(F)F)cc3)cc2)Cc2ccc(NC(=O)C3CC(CC(=O)O)C(C=O)C3C(=O)O)cc2)cc1. The second kappa shape index (κ2) is 29.0. The number of hydrogen-bond acceptors (Lipinski definition) is 13. The summed E-state index contributed by atoms with van der Waals surface area (Å²) in [7, 11) is 0. The zero-order valence-electron chi connectivity index (χ0n) is 43.9. The predicted octanol–water partition coefficient (Wildman–Crippen LogP) is 10.8. The van der Waals surface area contributed by atoms with E-state index in [2.05, 4.69) is 5.32 Å². The van der Waals surface area contributed by atoms with Crippen LogP contribution in [-0.2, 0) is 51.1 Å². The fourth-order valence-electron chi connectivity index (χ4n) is 9.16. The molecule has 16 nitrogen and oxygen atoms in total. The van der Waals surface area contributed by atoms with Gasteiger partial charge in [0.25, 0.3) is 0 Å². The molecule has 0 spiro atoms. The van der Waals surface area contributed by atoms with E-state index in [1.54, 1.807) is 60.7 Å². The lowest BCUT2D eigenvalue weighted by Crippen LogP contribution is -2.38. The molecule has 5 N–H and O–H groups in total. The first-order valence-corrected chi connectivity index (χ1v) is 25.7. The molecule has 0 aliphatic heterocycles. The van der Waals surface area contributed by atoms with Crippen LogP contribution in [-0.4, -0.2) is 91.0 Å². The predicted molar refractivity (Wildman–Crippen MR) is 286 cm³/mol. The van der Waals surface area contributed by atoms with E-state index in [0.29, 0.717) is 40.0 Å². The average molecular weight is 1150 g/mol. The maximum Gasteiger partial charge on any atom is 0.389 e. The highest BCUT2D eigenvalue weighted by Crippen LogP contribution is 2.43. The van der Waals surface area contributed by atoms with Gasteiger partial charge in [-0.25, -0.2) is 14.4 Å². The van der Waals surface area contributed by atoms with Gasteiger partial charge in [-0.05, 0) is 145 Å². The van der Waals surface area contributed by atoms with Crippen molar-refractivity contribution < 1.29 is 93.8 Å². The van der Waals surface area contributed by atoms with Crippen LogP contribution in [0.4, 0.5) is 37.7 Å². The molecule has 1 saturated carbocycles. The molecule has 1 fully saturated rings. The van der Waals surface area contributed by atoms with Crippen molar-refractivity contribution in [3.05, 3.63) is 161 Å². The number of hydrogen-bond donors (Lipinski definition) is 4. The largest absolute Gasteiger partial charge is 0.494 e. The number of ether oxygens (including phenoxy) is 5. The zero-order valence-corrected chi connectivity index (χ0v) is 43.9. The average Bonchev–Trinajstić information content (AvgIpc) is 3.76. The van der Waals surface area contributed by atoms with Gasteiger partial charge >= 0.3 is 42.2 Å². The van der Waals surface area contributed by atoms with Gasteiger partial charge in [-0.2, -0.15) is 26.3 Å². The summed E-state index contributed by atoms with van der Waals surface area (Å²) in [5, 5.41) is 22.0. The molecule has 0 bridgehead atoms. The first-order valence-electron chi connectivity index (χ1n) is 25.7. The van der Waals surface area contributed by atoms with Crippen molar-refractivity contribution in [2.75, 3.05) is 37.5 Å². The molecule has 22 heteroatoms. The van der Waals surface area contributed by atoms with Gasteiger partial charge < -0.3 is 49.7 Å². The van der Waals surface area contributed by atoms with Crippen LogP contribution in [0.15, 0.2) is 133 Å². The number of carboxylic acids is 2. The third-order valence-electron chi connectivity index (χ3n) is 13.2. The number of nitrogens with one attached hydrogen (secondary N) is 1. The molecule has 5 aromatic rings. The van der Waals surface area contributed by atoms with Crippen LogP contribution in [0.25, 0.3) is 12.2 Å². The minimum absolute atomic E-state index is 0.0785. The maximum atomic E-state index is 13.6. The Morgan fingerprint density at radius 1 is 0.622 bits per heavy atom. The zero-order chi connectivity index (χ0) is 59.5. The van der Waals surface area contributed by atoms with E-state index in [-0.39, 0.29) is 81.3 Å². The monoisotopic (exact) mass is 1140 g/mol. The number of alkyl halides is 6. The summed E-state index contributed by atoms with van der Waals surface area (Å²) >= 11 is 0.